The van der Waals surface area contributed by atoms with Gasteiger partial charge in [-0.15, -0.1) is 0 Å². The summed E-state index contributed by atoms with van der Waals surface area (Å²) < 4.78 is 15.6. The van der Waals surface area contributed by atoms with Crippen molar-refractivity contribution >= 4 is 22.8 Å². The molecule has 0 aliphatic carbocycles. The quantitative estimate of drug-likeness (QED) is 0.476. The summed E-state index contributed by atoms with van der Waals surface area (Å²) >= 11 is 0. The fraction of sp³-hybridized carbons (Fsp3) is 0.280. The van der Waals surface area contributed by atoms with Crippen LogP contribution in [0.4, 0.5) is 4.79 Å². The molecule has 0 spiro atoms. The monoisotopic (exact) mass is 436 g/mol. The molecule has 2 N–H and O–H groups in total. The molecule has 3 rings (SSSR count). The molecular weight excluding hydrogens is 408 g/mol. The average molecular weight is 437 g/mol. The molecule has 0 aliphatic rings. The number of hydrogen-bond acceptors (Lipinski definition) is 5. The van der Waals surface area contributed by atoms with Crippen LogP contribution in [0, 0.1) is 0 Å². The van der Waals surface area contributed by atoms with Gasteiger partial charge in [-0.3, -0.25) is 4.79 Å². The van der Waals surface area contributed by atoms with Gasteiger partial charge in [0.1, 0.15) is 12.6 Å². The molecule has 7 heteroatoms. The molecule has 32 heavy (non-hydrogen) atoms. The Morgan fingerprint density at radius 2 is 1.56 bits per heavy atom. The van der Waals surface area contributed by atoms with Gasteiger partial charge in [0.05, 0.1) is 6.54 Å². The van der Waals surface area contributed by atoms with Crippen LogP contribution in [0.25, 0.3) is 10.8 Å². The van der Waals surface area contributed by atoms with Gasteiger partial charge < -0.3 is 24.8 Å². The van der Waals surface area contributed by atoms with Crippen LogP contribution in [-0.2, 0) is 32.0 Å². The molecular formula is C25H28N2O5. The number of amides is 2. The molecule has 0 radical (unpaired) electrons. The molecule has 0 fully saturated rings. The molecule has 0 saturated carbocycles. The van der Waals surface area contributed by atoms with Crippen LogP contribution < -0.4 is 10.6 Å². The fourth-order valence-electron chi connectivity index (χ4n) is 3.38. The van der Waals surface area contributed by atoms with Crippen molar-refractivity contribution in [1.82, 2.24) is 10.6 Å². The third-order valence-corrected chi connectivity index (χ3v) is 5.09. The minimum atomic E-state index is -0.835. The van der Waals surface area contributed by atoms with Crippen LogP contribution in [0.2, 0.25) is 0 Å². The standard InChI is InChI=1S/C25H28N2O5/c1-30-23(31-2)16-26-24(28)22(27-25(29)32-17-18-9-4-3-5-10-18)15-20-13-8-12-19-11-6-7-14-21(19)20/h3-14,22-23H,15-17H2,1-2H3,(H,26,28)(H,27,29)/t22-/m0/s1. The highest BCUT2D eigenvalue weighted by molar-refractivity contribution is 5.89. The van der Waals surface area contributed by atoms with Crippen molar-refractivity contribution in [3.05, 3.63) is 83.9 Å². The van der Waals surface area contributed by atoms with Gasteiger partial charge in [-0.2, -0.15) is 0 Å². The molecule has 0 aliphatic heterocycles. The maximum Gasteiger partial charge on any atom is 0.408 e. The highest BCUT2D eigenvalue weighted by atomic mass is 16.7. The van der Waals surface area contributed by atoms with Gasteiger partial charge in [-0.25, -0.2) is 4.79 Å². The van der Waals surface area contributed by atoms with E-state index >= 15 is 0 Å². The molecule has 0 bridgehead atoms. The first-order chi connectivity index (χ1) is 15.6. The highest BCUT2D eigenvalue weighted by Crippen LogP contribution is 2.20. The second-order valence-corrected chi connectivity index (χ2v) is 7.25. The maximum absolute atomic E-state index is 12.9. The molecule has 0 aromatic heterocycles. The summed E-state index contributed by atoms with van der Waals surface area (Å²) in [5.41, 5.74) is 1.81. The first-order valence-corrected chi connectivity index (χ1v) is 10.4. The minimum absolute atomic E-state index is 0.116. The van der Waals surface area contributed by atoms with Gasteiger partial charge in [-0.1, -0.05) is 72.8 Å². The van der Waals surface area contributed by atoms with Crippen molar-refractivity contribution in [2.45, 2.75) is 25.4 Å². The van der Waals surface area contributed by atoms with Crippen molar-refractivity contribution in [2.75, 3.05) is 20.8 Å². The van der Waals surface area contributed by atoms with Gasteiger partial charge in [0.25, 0.3) is 0 Å². The van der Waals surface area contributed by atoms with Crippen LogP contribution in [0.5, 0.6) is 0 Å². The Labute approximate surface area is 187 Å². The topological polar surface area (TPSA) is 85.9 Å². The number of ether oxygens (including phenoxy) is 3. The number of fused-ring (bicyclic) bond motifs is 1. The molecule has 3 aromatic rings. The third kappa shape index (κ3) is 6.54. The first kappa shape index (κ1) is 23.2. The SMILES string of the molecule is COC(CNC(=O)[C@H](Cc1cccc2ccccc12)NC(=O)OCc1ccccc1)OC. The third-order valence-electron chi connectivity index (χ3n) is 5.09. The predicted octanol–water partition coefficient (Wildman–Crippen LogP) is 3.41. The summed E-state index contributed by atoms with van der Waals surface area (Å²) in [4.78, 5) is 25.4. The van der Waals surface area contributed by atoms with E-state index in [2.05, 4.69) is 10.6 Å². The number of hydrogen-bond donors (Lipinski definition) is 2. The Kier molecular flexibility index (Phi) is 8.60. The second-order valence-electron chi connectivity index (χ2n) is 7.25. The highest BCUT2D eigenvalue weighted by Gasteiger charge is 2.23. The van der Waals surface area contributed by atoms with E-state index in [1.54, 1.807) is 0 Å². The number of methoxy groups -OCH3 is 2. The Morgan fingerprint density at radius 3 is 2.31 bits per heavy atom. The Balaban J connectivity index is 1.72. The maximum atomic E-state index is 12.9. The average Bonchev–Trinajstić information content (AvgIpc) is 2.83. The van der Waals surface area contributed by atoms with E-state index in [0.717, 1.165) is 21.9 Å². The summed E-state index contributed by atoms with van der Waals surface area (Å²) in [5.74, 6) is -0.353. The molecule has 168 valence electrons. The smallest absolute Gasteiger partial charge is 0.408 e. The van der Waals surface area contributed by atoms with E-state index in [4.69, 9.17) is 14.2 Å². The van der Waals surface area contributed by atoms with E-state index in [9.17, 15) is 9.59 Å². The van der Waals surface area contributed by atoms with E-state index in [1.807, 2.05) is 72.8 Å². The van der Waals surface area contributed by atoms with Crippen molar-refractivity contribution in [3.8, 4) is 0 Å². The Hall–Kier alpha value is -3.42. The summed E-state index contributed by atoms with van der Waals surface area (Å²) in [6.07, 6.45) is -0.940. The number of nitrogens with one attached hydrogen (secondary N) is 2. The lowest BCUT2D eigenvalue weighted by Crippen LogP contribution is -2.49. The molecule has 0 unspecified atom stereocenters. The zero-order valence-corrected chi connectivity index (χ0v) is 18.2. The van der Waals surface area contributed by atoms with Crippen LogP contribution in [0.3, 0.4) is 0 Å². The predicted molar refractivity (Wildman–Crippen MR) is 122 cm³/mol. The number of carbonyl (C=O) groups is 2. The number of alkyl carbamates (subject to hydrolysis) is 1. The van der Waals surface area contributed by atoms with Crippen molar-refractivity contribution < 1.29 is 23.8 Å². The van der Waals surface area contributed by atoms with Crippen LogP contribution >= 0.6 is 0 Å². The van der Waals surface area contributed by atoms with E-state index in [-0.39, 0.29) is 19.1 Å². The molecule has 3 aromatic carbocycles. The molecule has 2 amide bonds. The Morgan fingerprint density at radius 1 is 0.875 bits per heavy atom. The van der Waals surface area contributed by atoms with Crippen molar-refractivity contribution in [3.63, 3.8) is 0 Å². The lowest BCUT2D eigenvalue weighted by molar-refractivity contribution is -0.129. The largest absolute Gasteiger partial charge is 0.445 e. The van der Waals surface area contributed by atoms with Gasteiger partial charge in [0.2, 0.25) is 5.91 Å². The van der Waals surface area contributed by atoms with Gasteiger partial charge >= 0.3 is 6.09 Å². The summed E-state index contributed by atoms with van der Waals surface area (Å²) in [6.45, 7) is 0.267. The van der Waals surface area contributed by atoms with Crippen LogP contribution in [0.15, 0.2) is 72.8 Å². The molecule has 0 saturated heterocycles. The van der Waals surface area contributed by atoms with Gasteiger partial charge in [-0.05, 0) is 21.9 Å². The number of rotatable bonds is 10. The lowest BCUT2D eigenvalue weighted by atomic mass is 9.98. The van der Waals surface area contributed by atoms with Crippen molar-refractivity contribution in [1.29, 1.82) is 0 Å². The Bertz CT molecular complexity index is 1020. The molecule has 7 nitrogen and oxygen atoms in total. The van der Waals surface area contributed by atoms with E-state index < -0.39 is 18.4 Å². The lowest BCUT2D eigenvalue weighted by Gasteiger charge is -2.21. The zero-order valence-electron chi connectivity index (χ0n) is 18.2. The number of carbonyl (C=O) groups excluding carboxylic acids is 2. The summed E-state index contributed by atoms with van der Waals surface area (Å²) in [5, 5.41) is 7.57. The fourth-order valence-corrected chi connectivity index (χ4v) is 3.38. The first-order valence-electron chi connectivity index (χ1n) is 10.4. The second kappa shape index (κ2) is 11.8. The van der Waals surface area contributed by atoms with Crippen molar-refractivity contribution in [2.24, 2.45) is 0 Å². The molecule has 1 atom stereocenters. The van der Waals surface area contributed by atoms with Crippen LogP contribution in [-0.4, -0.2) is 45.1 Å². The minimum Gasteiger partial charge on any atom is -0.445 e. The number of benzene rings is 3. The van der Waals surface area contributed by atoms with Gasteiger partial charge in [0.15, 0.2) is 6.29 Å². The molecule has 0 heterocycles. The summed E-state index contributed by atoms with van der Waals surface area (Å²) in [7, 11) is 2.99. The summed E-state index contributed by atoms with van der Waals surface area (Å²) in [6, 6.07) is 22.3. The van der Waals surface area contributed by atoms with Crippen LogP contribution in [0.1, 0.15) is 11.1 Å². The zero-order chi connectivity index (χ0) is 22.8. The van der Waals surface area contributed by atoms with E-state index in [0.29, 0.717) is 6.42 Å². The normalized spacial score (nSPS) is 11.8. The van der Waals surface area contributed by atoms with E-state index in [1.165, 1.54) is 14.2 Å². The van der Waals surface area contributed by atoms with Gasteiger partial charge in [0, 0.05) is 20.6 Å².